The Morgan fingerprint density at radius 1 is 1.33 bits per heavy atom. The molecule has 2 aromatic rings. The van der Waals surface area contributed by atoms with E-state index in [0.717, 1.165) is 17.9 Å². The third-order valence-corrected chi connectivity index (χ3v) is 5.19. The van der Waals surface area contributed by atoms with Crippen molar-refractivity contribution in [2.24, 2.45) is 0 Å². The number of nitrogens with zero attached hydrogens (tertiary/aromatic N) is 1. The van der Waals surface area contributed by atoms with E-state index in [1.165, 1.54) is 17.8 Å². The number of benzene rings is 2. The molecule has 1 aliphatic rings. The van der Waals surface area contributed by atoms with Crippen molar-refractivity contribution in [1.29, 1.82) is 0 Å². The summed E-state index contributed by atoms with van der Waals surface area (Å²) in [4.78, 5) is 15.0. The molecule has 1 atom stereocenters. The van der Waals surface area contributed by atoms with Crippen LogP contribution in [0.4, 0.5) is 4.39 Å². The van der Waals surface area contributed by atoms with Crippen LogP contribution < -0.4 is 10.1 Å². The van der Waals surface area contributed by atoms with Crippen LogP contribution in [0.5, 0.6) is 5.75 Å². The van der Waals surface area contributed by atoms with E-state index in [-0.39, 0.29) is 30.2 Å². The number of rotatable bonds is 5. The number of halogens is 2. The molecule has 2 aromatic carbocycles. The maximum atomic E-state index is 13.9. The SMILES string of the molecule is COc1ccccc1C1CNCCN1C(=O)c1ccc(F)c(CSC)c1.Cl. The molecule has 1 unspecified atom stereocenters. The van der Waals surface area contributed by atoms with Gasteiger partial charge < -0.3 is 15.0 Å². The first-order chi connectivity index (χ1) is 12.7. The van der Waals surface area contributed by atoms with Gasteiger partial charge in [-0.15, -0.1) is 12.4 Å². The first-order valence-corrected chi connectivity index (χ1v) is 9.97. The number of carbonyl (C=O) groups excluding carboxylic acids is 1. The van der Waals surface area contributed by atoms with Crippen LogP contribution in [0.1, 0.15) is 27.5 Å². The van der Waals surface area contributed by atoms with Crippen LogP contribution in [0.3, 0.4) is 0 Å². The number of nitrogens with one attached hydrogen (secondary N) is 1. The summed E-state index contributed by atoms with van der Waals surface area (Å²) in [5.74, 6) is 0.966. The topological polar surface area (TPSA) is 41.6 Å². The van der Waals surface area contributed by atoms with Crippen LogP contribution in [0.15, 0.2) is 42.5 Å². The van der Waals surface area contributed by atoms with Gasteiger partial charge in [-0.05, 0) is 36.1 Å². The Morgan fingerprint density at radius 3 is 2.85 bits per heavy atom. The Bertz CT molecular complexity index is 790. The molecule has 0 aromatic heterocycles. The van der Waals surface area contributed by atoms with Gasteiger partial charge >= 0.3 is 0 Å². The van der Waals surface area contributed by atoms with Crippen LogP contribution in [0.25, 0.3) is 0 Å². The molecule has 4 nitrogen and oxygen atoms in total. The molecule has 1 saturated heterocycles. The van der Waals surface area contributed by atoms with E-state index in [4.69, 9.17) is 4.74 Å². The average molecular weight is 411 g/mol. The number of ether oxygens (including phenoxy) is 1. The molecular formula is C20H24ClFN2O2S. The lowest BCUT2D eigenvalue weighted by atomic mass is 10.0. The maximum absolute atomic E-state index is 13.9. The quantitative estimate of drug-likeness (QED) is 0.811. The van der Waals surface area contributed by atoms with Crippen molar-refractivity contribution in [2.45, 2.75) is 11.8 Å². The van der Waals surface area contributed by atoms with E-state index in [2.05, 4.69) is 5.32 Å². The second kappa shape index (κ2) is 9.97. The van der Waals surface area contributed by atoms with Crippen molar-refractivity contribution < 1.29 is 13.9 Å². The summed E-state index contributed by atoms with van der Waals surface area (Å²) < 4.78 is 19.4. The molecule has 1 amide bonds. The molecule has 3 rings (SSSR count). The largest absolute Gasteiger partial charge is 0.496 e. The van der Waals surface area contributed by atoms with Crippen molar-refractivity contribution in [3.8, 4) is 5.75 Å². The number of hydrogen-bond donors (Lipinski definition) is 1. The highest BCUT2D eigenvalue weighted by Crippen LogP contribution is 2.31. The van der Waals surface area contributed by atoms with Crippen molar-refractivity contribution in [2.75, 3.05) is 33.0 Å². The fraction of sp³-hybridized carbons (Fsp3) is 0.350. The maximum Gasteiger partial charge on any atom is 0.254 e. The summed E-state index contributed by atoms with van der Waals surface area (Å²) in [6, 6.07) is 12.3. The minimum Gasteiger partial charge on any atom is -0.496 e. The molecule has 1 aliphatic heterocycles. The molecule has 1 heterocycles. The number of hydrogen-bond acceptors (Lipinski definition) is 4. The zero-order chi connectivity index (χ0) is 18.5. The summed E-state index contributed by atoms with van der Waals surface area (Å²) in [5, 5.41) is 3.35. The summed E-state index contributed by atoms with van der Waals surface area (Å²) in [5.41, 5.74) is 2.06. The first kappa shape index (κ1) is 21.5. The van der Waals surface area contributed by atoms with E-state index in [1.54, 1.807) is 19.2 Å². The minimum atomic E-state index is -0.266. The molecule has 1 N–H and O–H groups in total. The fourth-order valence-electron chi connectivity index (χ4n) is 3.31. The monoisotopic (exact) mass is 410 g/mol. The molecule has 0 spiro atoms. The van der Waals surface area contributed by atoms with Gasteiger partial charge in [0.2, 0.25) is 0 Å². The third-order valence-electron chi connectivity index (χ3n) is 4.59. The van der Waals surface area contributed by atoms with Crippen LogP contribution in [-0.2, 0) is 5.75 Å². The molecule has 0 saturated carbocycles. The first-order valence-electron chi connectivity index (χ1n) is 8.57. The van der Waals surface area contributed by atoms with Gasteiger partial charge in [0, 0.05) is 36.5 Å². The highest BCUT2D eigenvalue weighted by Gasteiger charge is 2.30. The second-order valence-corrected chi connectivity index (χ2v) is 7.07. The molecule has 1 fully saturated rings. The number of para-hydroxylation sites is 1. The molecule has 146 valence electrons. The Hall–Kier alpha value is -1.76. The van der Waals surface area contributed by atoms with E-state index in [0.29, 0.717) is 30.0 Å². The lowest BCUT2D eigenvalue weighted by molar-refractivity contribution is 0.0631. The van der Waals surface area contributed by atoms with E-state index >= 15 is 0 Å². The van der Waals surface area contributed by atoms with Gasteiger partial charge in [-0.25, -0.2) is 4.39 Å². The number of carbonyl (C=O) groups is 1. The smallest absolute Gasteiger partial charge is 0.254 e. The van der Waals surface area contributed by atoms with Gasteiger partial charge in [0.05, 0.1) is 13.2 Å². The van der Waals surface area contributed by atoms with Crippen molar-refractivity contribution in [3.05, 3.63) is 65.0 Å². The van der Waals surface area contributed by atoms with Crippen molar-refractivity contribution >= 4 is 30.1 Å². The highest BCUT2D eigenvalue weighted by atomic mass is 35.5. The number of amides is 1. The summed E-state index contributed by atoms with van der Waals surface area (Å²) in [6.07, 6.45) is 1.92. The Labute approximate surface area is 169 Å². The minimum absolute atomic E-state index is 0. The van der Waals surface area contributed by atoms with E-state index < -0.39 is 0 Å². The second-order valence-electron chi connectivity index (χ2n) is 6.20. The number of thioether (sulfide) groups is 1. The Morgan fingerprint density at radius 2 is 2.11 bits per heavy atom. The van der Waals surface area contributed by atoms with Gasteiger partial charge in [0.15, 0.2) is 0 Å². The lowest BCUT2D eigenvalue weighted by Crippen LogP contribution is -2.48. The molecule has 27 heavy (non-hydrogen) atoms. The number of methoxy groups -OCH3 is 1. The zero-order valence-corrected chi connectivity index (χ0v) is 17.0. The summed E-state index contributed by atoms with van der Waals surface area (Å²) >= 11 is 1.54. The third kappa shape index (κ3) is 4.75. The van der Waals surface area contributed by atoms with Gasteiger partial charge in [0.25, 0.3) is 5.91 Å². The highest BCUT2D eigenvalue weighted by molar-refractivity contribution is 7.97. The van der Waals surface area contributed by atoms with E-state index in [1.807, 2.05) is 35.4 Å². The summed E-state index contributed by atoms with van der Waals surface area (Å²) in [7, 11) is 1.63. The van der Waals surface area contributed by atoms with Crippen molar-refractivity contribution in [3.63, 3.8) is 0 Å². The Kier molecular flexibility index (Phi) is 7.95. The zero-order valence-electron chi connectivity index (χ0n) is 15.4. The fourth-order valence-corrected chi connectivity index (χ4v) is 3.84. The lowest BCUT2D eigenvalue weighted by Gasteiger charge is -2.37. The standard InChI is InChI=1S/C20H23FN2O2S.ClH/c1-25-19-6-4-3-5-16(19)18-12-22-9-10-23(18)20(24)14-7-8-17(21)15(11-14)13-26-2;/h3-8,11,18,22H,9-10,12-13H2,1-2H3;1H. The molecule has 7 heteroatoms. The van der Waals surface area contributed by atoms with Gasteiger partial charge in [0.1, 0.15) is 11.6 Å². The normalized spacial score (nSPS) is 16.6. The average Bonchev–Trinajstić information content (AvgIpc) is 2.69. The van der Waals surface area contributed by atoms with Gasteiger partial charge in [-0.2, -0.15) is 11.8 Å². The van der Waals surface area contributed by atoms with Crippen LogP contribution in [0.2, 0.25) is 0 Å². The van der Waals surface area contributed by atoms with E-state index in [9.17, 15) is 9.18 Å². The van der Waals surface area contributed by atoms with Crippen molar-refractivity contribution in [1.82, 2.24) is 10.2 Å². The van der Waals surface area contributed by atoms with Crippen LogP contribution in [0, 0.1) is 5.82 Å². The number of piperazine rings is 1. The van der Waals surface area contributed by atoms with Crippen LogP contribution in [-0.4, -0.2) is 43.8 Å². The van der Waals surface area contributed by atoms with Crippen LogP contribution >= 0.6 is 24.2 Å². The summed E-state index contributed by atoms with van der Waals surface area (Å²) in [6.45, 7) is 1.98. The Balaban J connectivity index is 0.00000261. The molecular weight excluding hydrogens is 387 g/mol. The predicted octanol–water partition coefficient (Wildman–Crippen LogP) is 3.91. The van der Waals surface area contributed by atoms with Gasteiger partial charge in [-0.3, -0.25) is 4.79 Å². The molecule has 0 radical (unpaired) electrons. The predicted molar refractivity (Wildman–Crippen MR) is 111 cm³/mol. The van der Waals surface area contributed by atoms with Gasteiger partial charge in [-0.1, -0.05) is 18.2 Å². The molecule has 0 bridgehead atoms. The molecule has 0 aliphatic carbocycles.